The van der Waals surface area contributed by atoms with Crippen molar-refractivity contribution in [3.8, 4) is 0 Å². The van der Waals surface area contributed by atoms with Crippen molar-refractivity contribution >= 4 is 11.8 Å². The summed E-state index contributed by atoms with van der Waals surface area (Å²) in [7, 11) is 0. The average molecular weight is 250 g/mol. The minimum atomic E-state index is -0.469. The Bertz CT molecular complexity index is 410. The van der Waals surface area contributed by atoms with E-state index in [-0.39, 0.29) is 12.8 Å². The van der Waals surface area contributed by atoms with E-state index in [9.17, 15) is 9.59 Å². The van der Waals surface area contributed by atoms with Crippen molar-refractivity contribution in [2.45, 2.75) is 24.9 Å². The van der Waals surface area contributed by atoms with Gasteiger partial charge < -0.3 is 22.9 Å². The topological polar surface area (TPSA) is 138 Å². The molecule has 0 heterocycles. The van der Waals surface area contributed by atoms with Crippen molar-refractivity contribution in [2.24, 2.45) is 22.9 Å². The quantitative estimate of drug-likeness (QED) is 0.537. The summed E-state index contributed by atoms with van der Waals surface area (Å²) in [5.74, 6) is -0.927. The van der Waals surface area contributed by atoms with E-state index >= 15 is 0 Å². The van der Waals surface area contributed by atoms with Gasteiger partial charge in [-0.05, 0) is 11.1 Å². The van der Waals surface area contributed by atoms with Crippen LogP contribution in [0.3, 0.4) is 0 Å². The smallest absolute Gasteiger partial charge is 0.219 e. The highest BCUT2D eigenvalue weighted by atomic mass is 16.1. The number of hydrogen-bond donors (Lipinski definition) is 4. The van der Waals surface area contributed by atoms with Crippen LogP contribution in [-0.4, -0.2) is 11.8 Å². The van der Waals surface area contributed by atoms with Gasteiger partial charge >= 0.3 is 0 Å². The zero-order chi connectivity index (χ0) is 13.7. The summed E-state index contributed by atoms with van der Waals surface area (Å²) in [6, 6.07) is 6.17. The van der Waals surface area contributed by atoms with E-state index in [2.05, 4.69) is 0 Å². The molecule has 2 unspecified atom stereocenters. The molecule has 2 atom stereocenters. The number of carbonyl (C=O) groups excluding carboxylic acids is 2. The van der Waals surface area contributed by atoms with Gasteiger partial charge in [-0.25, -0.2) is 0 Å². The number of nitrogens with two attached hydrogens (primary N) is 4. The highest BCUT2D eigenvalue weighted by Crippen LogP contribution is 2.20. The van der Waals surface area contributed by atoms with Crippen LogP contribution in [0.25, 0.3) is 0 Å². The van der Waals surface area contributed by atoms with Gasteiger partial charge in [-0.1, -0.05) is 24.3 Å². The fourth-order valence-corrected chi connectivity index (χ4v) is 1.69. The Morgan fingerprint density at radius 3 is 1.67 bits per heavy atom. The first-order valence-corrected chi connectivity index (χ1v) is 5.57. The Hall–Kier alpha value is -1.92. The molecule has 8 N–H and O–H groups in total. The first kappa shape index (κ1) is 14.1. The van der Waals surface area contributed by atoms with Crippen LogP contribution in [0.15, 0.2) is 24.3 Å². The van der Waals surface area contributed by atoms with Crippen LogP contribution < -0.4 is 22.9 Å². The highest BCUT2D eigenvalue weighted by molar-refractivity contribution is 5.75. The summed E-state index contributed by atoms with van der Waals surface area (Å²) in [6.45, 7) is 0. The van der Waals surface area contributed by atoms with E-state index in [1.165, 1.54) is 0 Å². The molecule has 0 radical (unpaired) electrons. The molecule has 0 aliphatic rings. The van der Waals surface area contributed by atoms with Gasteiger partial charge in [0.2, 0.25) is 11.8 Å². The highest BCUT2D eigenvalue weighted by Gasteiger charge is 2.13. The second kappa shape index (κ2) is 6.13. The van der Waals surface area contributed by atoms with Crippen LogP contribution in [0.1, 0.15) is 36.1 Å². The molecule has 0 saturated carbocycles. The lowest BCUT2D eigenvalue weighted by molar-refractivity contribution is -0.119. The maximum absolute atomic E-state index is 10.8. The standard InChI is InChI=1S/C12H18N4O2/c13-9(5-11(15)17)7-2-1-3-8(4-7)10(14)6-12(16)18/h1-4,9-10H,5-6,13-14H2,(H2,15,17)(H2,16,18). The number of carbonyl (C=O) groups is 2. The molecule has 0 fully saturated rings. The van der Waals surface area contributed by atoms with Crippen molar-refractivity contribution in [2.75, 3.05) is 0 Å². The van der Waals surface area contributed by atoms with Crippen LogP contribution >= 0.6 is 0 Å². The maximum Gasteiger partial charge on any atom is 0.219 e. The molecular formula is C12H18N4O2. The molecule has 1 rings (SSSR count). The predicted octanol–water partition coefficient (Wildman–Crippen LogP) is -0.563. The van der Waals surface area contributed by atoms with Gasteiger partial charge in [-0.15, -0.1) is 0 Å². The monoisotopic (exact) mass is 250 g/mol. The van der Waals surface area contributed by atoms with E-state index < -0.39 is 23.9 Å². The third-order valence-corrected chi connectivity index (χ3v) is 2.61. The van der Waals surface area contributed by atoms with E-state index in [1.807, 2.05) is 0 Å². The Morgan fingerprint density at radius 1 is 0.944 bits per heavy atom. The minimum Gasteiger partial charge on any atom is -0.370 e. The zero-order valence-corrected chi connectivity index (χ0v) is 10.0. The fourth-order valence-electron chi connectivity index (χ4n) is 1.69. The molecule has 0 saturated heterocycles. The van der Waals surface area contributed by atoms with Crippen molar-refractivity contribution in [3.63, 3.8) is 0 Å². The molecule has 2 amide bonds. The Balaban J connectivity index is 2.84. The number of benzene rings is 1. The molecule has 6 heteroatoms. The van der Waals surface area contributed by atoms with Gasteiger partial charge in [-0.2, -0.15) is 0 Å². The minimum absolute atomic E-state index is 0.0640. The zero-order valence-electron chi connectivity index (χ0n) is 10.0. The van der Waals surface area contributed by atoms with Gasteiger partial charge in [0.15, 0.2) is 0 Å². The lowest BCUT2D eigenvalue weighted by Crippen LogP contribution is -2.22. The second-order valence-corrected chi connectivity index (χ2v) is 4.22. The largest absolute Gasteiger partial charge is 0.370 e. The van der Waals surface area contributed by atoms with Gasteiger partial charge in [-0.3, -0.25) is 9.59 Å². The molecule has 0 bridgehead atoms. The predicted molar refractivity (Wildman–Crippen MR) is 67.9 cm³/mol. The van der Waals surface area contributed by atoms with Gasteiger partial charge in [0.05, 0.1) is 0 Å². The number of hydrogen-bond acceptors (Lipinski definition) is 4. The Kier molecular flexibility index (Phi) is 4.82. The van der Waals surface area contributed by atoms with Crippen LogP contribution in [0.4, 0.5) is 0 Å². The van der Waals surface area contributed by atoms with Gasteiger partial charge in [0.25, 0.3) is 0 Å². The molecule has 0 aliphatic carbocycles. The molecule has 0 aliphatic heterocycles. The molecule has 0 spiro atoms. The lowest BCUT2D eigenvalue weighted by Gasteiger charge is -2.14. The summed E-state index contributed by atoms with van der Waals surface area (Å²) >= 11 is 0. The van der Waals surface area contributed by atoms with Crippen molar-refractivity contribution < 1.29 is 9.59 Å². The van der Waals surface area contributed by atoms with Crippen LogP contribution in [0.2, 0.25) is 0 Å². The van der Waals surface area contributed by atoms with Crippen molar-refractivity contribution in [1.29, 1.82) is 0 Å². The maximum atomic E-state index is 10.8. The summed E-state index contributed by atoms with van der Waals surface area (Å²) in [6.07, 6.45) is 0.128. The molecule has 98 valence electrons. The third kappa shape index (κ3) is 4.15. The van der Waals surface area contributed by atoms with E-state index in [0.717, 1.165) is 11.1 Å². The normalized spacial score (nSPS) is 13.9. The SMILES string of the molecule is NC(=O)CC(N)c1cccc(C(N)CC(N)=O)c1. The number of primary amides is 2. The third-order valence-electron chi connectivity index (χ3n) is 2.61. The Labute approximate surface area is 105 Å². The van der Waals surface area contributed by atoms with E-state index in [0.29, 0.717) is 0 Å². The number of amides is 2. The van der Waals surface area contributed by atoms with E-state index in [4.69, 9.17) is 22.9 Å². The molecule has 0 aromatic heterocycles. The van der Waals surface area contributed by atoms with E-state index in [1.54, 1.807) is 24.3 Å². The molecule has 1 aromatic rings. The van der Waals surface area contributed by atoms with Gasteiger partial charge in [0, 0.05) is 24.9 Å². The Morgan fingerprint density at radius 2 is 1.33 bits per heavy atom. The summed E-state index contributed by atoms with van der Waals surface area (Å²) in [5, 5.41) is 0. The summed E-state index contributed by atoms with van der Waals surface area (Å²) in [4.78, 5) is 21.6. The van der Waals surface area contributed by atoms with Crippen molar-refractivity contribution in [3.05, 3.63) is 35.4 Å². The summed E-state index contributed by atoms with van der Waals surface area (Å²) in [5.41, 5.74) is 23.4. The van der Waals surface area contributed by atoms with Gasteiger partial charge in [0.1, 0.15) is 0 Å². The second-order valence-electron chi connectivity index (χ2n) is 4.22. The average Bonchev–Trinajstić information content (AvgIpc) is 2.27. The fraction of sp³-hybridized carbons (Fsp3) is 0.333. The molecular weight excluding hydrogens is 232 g/mol. The first-order valence-electron chi connectivity index (χ1n) is 5.57. The molecule has 1 aromatic carbocycles. The first-order chi connectivity index (χ1) is 8.40. The molecule has 6 nitrogen and oxygen atoms in total. The summed E-state index contributed by atoms with van der Waals surface area (Å²) < 4.78 is 0. The molecule has 18 heavy (non-hydrogen) atoms. The number of rotatable bonds is 6. The lowest BCUT2D eigenvalue weighted by atomic mass is 9.97. The van der Waals surface area contributed by atoms with Crippen LogP contribution in [-0.2, 0) is 9.59 Å². The van der Waals surface area contributed by atoms with Crippen molar-refractivity contribution in [1.82, 2.24) is 0 Å². The van der Waals surface area contributed by atoms with Crippen LogP contribution in [0.5, 0.6) is 0 Å². The van der Waals surface area contributed by atoms with Crippen LogP contribution in [0, 0.1) is 0 Å².